The van der Waals surface area contributed by atoms with E-state index in [0.717, 1.165) is 6.61 Å². The molecule has 0 heterocycles. The van der Waals surface area contributed by atoms with Crippen molar-refractivity contribution in [3.63, 3.8) is 0 Å². The van der Waals surface area contributed by atoms with E-state index in [1.807, 2.05) is 0 Å². The summed E-state index contributed by atoms with van der Waals surface area (Å²) in [6.45, 7) is 3.13. The summed E-state index contributed by atoms with van der Waals surface area (Å²) < 4.78 is 6.30. The molecule has 111 valence electrons. The summed E-state index contributed by atoms with van der Waals surface area (Å²) in [7, 11) is -1.09. The fourth-order valence-corrected chi connectivity index (χ4v) is 4.40. The van der Waals surface area contributed by atoms with Gasteiger partial charge in [0.25, 0.3) is 9.04 Å². The van der Waals surface area contributed by atoms with Crippen molar-refractivity contribution < 1.29 is 4.43 Å². The van der Waals surface area contributed by atoms with E-state index in [4.69, 9.17) is 4.43 Å². The van der Waals surface area contributed by atoms with Crippen LogP contribution >= 0.6 is 0 Å². The molecule has 0 aliphatic rings. The molecular weight excluding hydrogens is 272 g/mol. The van der Waals surface area contributed by atoms with E-state index in [0.29, 0.717) is 0 Å². The number of benzene rings is 2. The topological polar surface area (TPSA) is 9.23 Å². The number of hydrogen-bond acceptors (Lipinski definition) is 1. The highest BCUT2D eigenvalue weighted by Gasteiger charge is 2.18. The second-order valence-electron chi connectivity index (χ2n) is 5.32. The van der Waals surface area contributed by atoms with Gasteiger partial charge in [0.05, 0.1) is 0 Å². The van der Waals surface area contributed by atoms with Crippen molar-refractivity contribution in [3.05, 3.63) is 60.7 Å². The molecule has 21 heavy (non-hydrogen) atoms. The van der Waals surface area contributed by atoms with Gasteiger partial charge in [-0.25, -0.2) is 0 Å². The number of rotatable bonds is 9. The quantitative estimate of drug-likeness (QED) is 0.505. The molecule has 0 bridgehead atoms. The highest BCUT2D eigenvalue weighted by Crippen LogP contribution is 2.03. The maximum atomic E-state index is 6.30. The highest BCUT2D eigenvalue weighted by atomic mass is 28.3. The molecule has 0 aliphatic heterocycles. The van der Waals surface area contributed by atoms with Crippen molar-refractivity contribution in [2.24, 2.45) is 0 Å². The molecule has 2 heteroatoms. The van der Waals surface area contributed by atoms with Crippen LogP contribution in [-0.2, 0) is 4.43 Å². The molecule has 0 spiro atoms. The minimum Gasteiger partial charge on any atom is -0.407 e. The van der Waals surface area contributed by atoms with Crippen LogP contribution in [0.5, 0.6) is 0 Å². The summed E-state index contributed by atoms with van der Waals surface area (Å²) >= 11 is 0. The van der Waals surface area contributed by atoms with Crippen LogP contribution in [0, 0.1) is 0 Å². The molecule has 0 unspecified atom stereocenters. The third-order valence-corrected chi connectivity index (χ3v) is 5.77. The average molecular weight is 297 g/mol. The molecule has 1 nitrogen and oxygen atoms in total. The monoisotopic (exact) mass is 297 g/mol. The van der Waals surface area contributed by atoms with E-state index in [9.17, 15) is 0 Å². The first-order valence-corrected chi connectivity index (χ1v) is 9.43. The predicted molar refractivity (Wildman–Crippen MR) is 92.6 cm³/mol. The summed E-state index contributed by atoms with van der Waals surface area (Å²) in [5.41, 5.74) is 0. The van der Waals surface area contributed by atoms with Gasteiger partial charge in [0.2, 0.25) is 0 Å². The Morgan fingerprint density at radius 1 is 0.714 bits per heavy atom. The SMILES string of the molecule is CCCCCCCO[Si](c1ccccc1)c1ccccc1. The summed E-state index contributed by atoms with van der Waals surface area (Å²) in [5, 5.41) is 2.67. The Balaban J connectivity index is 1.94. The minimum absolute atomic E-state index is 0.877. The molecular formula is C19H25OSi. The van der Waals surface area contributed by atoms with Crippen molar-refractivity contribution in [3.8, 4) is 0 Å². The predicted octanol–water partition coefficient (Wildman–Crippen LogP) is 3.78. The average Bonchev–Trinajstić information content (AvgIpc) is 2.56. The van der Waals surface area contributed by atoms with E-state index in [1.54, 1.807) is 0 Å². The molecule has 1 radical (unpaired) electrons. The molecule has 0 saturated carbocycles. The van der Waals surface area contributed by atoms with Crippen LogP contribution < -0.4 is 10.4 Å². The lowest BCUT2D eigenvalue weighted by Crippen LogP contribution is -2.45. The van der Waals surface area contributed by atoms with Crippen LogP contribution in [0.3, 0.4) is 0 Å². The van der Waals surface area contributed by atoms with Gasteiger partial charge in [0, 0.05) is 6.61 Å². The van der Waals surface area contributed by atoms with Crippen LogP contribution in [0.15, 0.2) is 60.7 Å². The van der Waals surface area contributed by atoms with Crippen molar-refractivity contribution >= 4 is 19.4 Å². The van der Waals surface area contributed by atoms with E-state index >= 15 is 0 Å². The summed E-state index contributed by atoms with van der Waals surface area (Å²) in [6, 6.07) is 21.3. The third kappa shape index (κ3) is 5.48. The Morgan fingerprint density at radius 3 is 1.76 bits per heavy atom. The molecule has 2 rings (SSSR count). The first-order chi connectivity index (χ1) is 10.4. The minimum atomic E-state index is -1.09. The van der Waals surface area contributed by atoms with E-state index in [1.165, 1.54) is 42.5 Å². The van der Waals surface area contributed by atoms with Crippen molar-refractivity contribution in [1.29, 1.82) is 0 Å². The lowest BCUT2D eigenvalue weighted by atomic mass is 10.2. The third-order valence-electron chi connectivity index (χ3n) is 3.57. The molecule has 2 aromatic rings. The van der Waals surface area contributed by atoms with Gasteiger partial charge >= 0.3 is 0 Å². The first-order valence-electron chi connectivity index (χ1n) is 8.02. The largest absolute Gasteiger partial charge is 0.407 e. The zero-order chi connectivity index (χ0) is 14.8. The fourth-order valence-electron chi connectivity index (χ4n) is 2.39. The lowest BCUT2D eigenvalue weighted by Gasteiger charge is -2.16. The van der Waals surface area contributed by atoms with Crippen LogP contribution in [0.1, 0.15) is 39.0 Å². The van der Waals surface area contributed by atoms with Gasteiger partial charge in [0.1, 0.15) is 0 Å². The zero-order valence-corrected chi connectivity index (χ0v) is 13.9. The Bertz CT molecular complexity index is 444. The van der Waals surface area contributed by atoms with Crippen LogP contribution in [0.2, 0.25) is 0 Å². The Kier molecular flexibility index (Phi) is 7.26. The van der Waals surface area contributed by atoms with Crippen LogP contribution in [0.4, 0.5) is 0 Å². The molecule has 0 atom stereocenters. The Morgan fingerprint density at radius 2 is 1.24 bits per heavy atom. The molecule has 0 aliphatic carbocycles. The maximum absolute atomic E-state index is 6.30. The maximum Gasteiger partial charge on any atom is 0.282 e. The molecule has 0 N–H and O–H groups in total. The second-order valence-corrected chi connectivity index (χ2v) is 7.43. The number of hydrogen-bond donors (Lipinski definition) is 0. The molecule has 2 aromatic carbocycles. The smallest absolute Gasteiger partial charge is 0.282 e. The van der Waals surface area contributed by atoms with Gasteiger partial charge in [-0.15, -0.1) is 0 Å². The Hall–Kier alpha value is -1.38. The first kappa shape index (κ1) is 16.0. The molecule has 0 saturated heterocycles. The lowest BCUT2D eigenvalue weighted by molar-refractivity contribution is 0.318. The fraction of sp³-hybridized carbons (Fsp3) is 0.368. The van der Waals surface area contributed by atoms with Crippen LogP contribution in [0.25, 0.3) is 0 Å². The van der Waals surface area contributed by atoms with Gasteiger partial charge in [-0.05, 0) is 16.8 Å². The summed E-state index contributed by atoms with van der Waals surface area (Å²) in [6.07, 6.45) is 6.43. The van der Waals surface area contributed by atoms with Gasteiger partial charge in [0.15, 0.2) is 0 Å². The standard InChI is InChI=1S/C19H25OSi/c1-2-3-4-5-12-17-20-21(18-13-8-6-9-14-18)19-15-10-7-11-16-19/h6-11,13-16H,2-5,12,17H2,1H3. The Labute approximate surface area is 130 Å². The summed E-state index contributed by atoms with van der Waals surface area (Å²) in [5.74, 6) is 0. The van der Waals surface area contributed by atoms with E-state index < -0.39 is 9.04 Å². The zero-order valence-electron chi connectivity index (χ0n) is 12.9. The van der Waals surface area contributed by atoms with Crippen molar-refractivity contribution in [2.75, 3.05) is 6.61 Å². The van der Waals surface area contributed by atoms with Gasteiger partial charge in [-0.1, -0.05) is 93.3 Å². The van der Waals surface area contributed by atoms with Gasteiger partial charge in [-0.3, -0.25) is 0 Å². The van der Waals surface area contributed by atoms with Gasteiger partial charge < -0.3 is 4.43 Å². The molecule has 0 aromatic heterocycles. The highest BCUT2D eigenvalue weighted by molar-refractivity contribution is 6.80. The molecule has 0 amide bonds. The second kappa shape index (κ2) is 9.53. The molecule has 0 fully saturated rings. The van der Waals surface area contributed by atoms with E-state index in [2.05, 4.69) is 67.6 Å². The van der Waals surface area contributed by atoms with Crippen LogP contribution in [-0.4, -0.2) is 15.6 Å². The van der Waals surface area contributed by atoms with Gasteiger partial charge in [-0.2, -0.15) is 0 Å². The normalized spacial score (nSPS) is 11.0. The number of unbranched alkanes of at least 4 members (excludes halogenated alkanes) is 4. The van der Waals surface area contributed by atoms with E-state index in [-0.39, 0.29) is 0 Å². The summed E-state index contributed by atoms with van der Waals surface area (Å²) in [4.78, 5) is 0. The van der Waals surface area contributed by atoms with Crippen molar-refractivity contribution in [1.82, 2.24) is 0 Å². The van der Waals surface area contributed by atoms with Crippen molar-refractivity contribution in [2.45, 2.75) is 39.0 Å².